The van der Waals surface area contributed by atoms with Crippen LogP contribution in [0.5, 0.6) is 0 Å². The molecule has 0 aliphatic carbocycles. The van der Waals surface area contributed by atoms with E-state index in [4.69, 9.17) is 16.3 Å². The number of benzene rings is 1. The largest absolute Gasteiger partial charge is 0.447 e. The summed E-state index contributed by atoms with van der Waals surface area (Å²) >= 11 is 5.83. The summed E-state index contributed by atoms with van der Waals surface area (Å²) in [5.41, 5.74) is 0.649. The highest BCUT2D eigenvalue weighted by molar-refractivity contribution is 6.30. The van der Waals surface area contributed by atoms with Crippen LogP contribution in [0.1, 0.15) is 18.4 Å². The Morgan fingerprint density at radius 1 is 1.27 bits per heavy atom. The minimum Gasteiger partial charge on any atom is -0.447 e. The lowest BCUT2D eigenvalue weighted by atomic mass is 9.89. The number of cyclic esters (lactones) is 1. The molecule has 0 saturated carbocycles. The summed E-state index contributed by atoms with van der Waals surface area (Å²) in [6, 6.07) is 7.31. The van der Waals surface area contributed by atoms with E-state index in [0.29, 0.717) is 24.7 Å². The molecule has 0 atom stereocenters. The summed E-state index contributed by atoms with van der Waals surface area (Å²) < 4.78 is 4.98. The van der Waals surface area contributed by atoms with E-state index in [-0.39, 0.29) is 17.5 Å². The molecule has 1 aromatic rings. The average Bonchev–Trinajstić information content (AvgIpc) is 2.88. The molecule has 2 fully saturated rings. The van der Waals surface area contributed by atoms with Gasteiger partial charge in [-0.05, 0) is 36.6 Å². The molecule has 2 aliphatic heterocycles. The smallest absolute Gasteiger partial charge is 0.407 e. The fourth-order valence-corrected chi connectivity index (χ4v) is 2.89. The summed E-state index contributed by atoms with van der Waals surface area (Å²) in [6.07, 6.45) is 4.44. The molecule has 0 aromatic heterocycles. The van der Waals surface area contributed by atoms with E-state index in [2.05, 4.69) is 5.32 Å². The number of halogens is 1. The van der Waals surface area contributed by atoms with Crippen LogP contribution in [0.2, 0.25) is 5.02 Å². The minimum absolute atomic E-state index is 0.0185. The Balaban J connectivity index is 1.56. The van der Waals surface area contributed by atoms with Crippen LogP contribution in [-0.4, -0.2) is 42.1 Å². The fraction of sp³-hybridized carbons (Fsp3) is 0.375. The Labute approximate surface area is 133 Å². The van der Waals surface area contributed by atoms with Gasteiger partial charge in [-0.25, -0.2) is 4.79 Å². The predicted molar refractivity (Wildman–Crippen MR) is 83.5 cm³/mol. The van der Waals surface area contributed by atoms with E-state index in [1.807, 2.05) is 12.1 Å². The van der Waals surface area contributed by atoms with Gasteiger partial charge in [0.15, 0.2) is 0 Å². The summed E-state index contributed by atoms with van der Waals surface area (Å²) in [7, 11) is 0. The maximum absolute atomic E-state index is 12.2. The van der Waals surface area contributed by atoms with E-state index in [9.17, 15) is 9.59 Å². The number of amides is 2. The van der Waals surface area contributed by atoms with Crippen LogP contribution in [0.25, 0.3) is 6.08 Å². The first kappa shape index (κ1) is 14.9. The van der Waals surface area contributed by atoms with Crippen molar-refractivity contribution in [3.8, 4) is 0 Å². The summed E-state index contributed by atoms with van der Waals surface area (Å²) in [5.74, 6) is -0.0185. The fourth-order valence-electron chi connectivity index (χ4n) is 2.76. The zero-order valence-electron chi connectivity index (χ0n) is 12.0. The van der Waals surface area contributed by atoms with Gasteiger partial charge in [-0.15, -0.1) is 0 Å². The maximum atomic E-state index is 12.2. The van der Waals surface area contributed by atoms with Crippen molar-refractivity contribution in [3.63, 3.8) is 0 Å². The van der Waals surface area contributed by atoms with Gasteiger partial charge < -0.3 is 15.0 Å². The monoisotopic (exact) mass is 320 g/mol. The summed E-state index contributed by atoms with van der Waals surface area (Å²) in [5, 5.41) is 3.53. The van der Waals surface area contributed by atoms with Gasteiger partial charge in [0.2, 0.25) is 5.91 Å². The van der Waals surface area contributed by atoms with Crippen molar-refractivity contribution in [2.75, 3.05) is 19.7 Å². The van der Waals surface area contributed by atoms with Crippen molar-refractivity contribution in [3.05, 3.63) is 40.9 Å². The Morgan fingerprint density at radius 3 is 2.55 bits per heavy atom. The number of ether oxygens (including phenoxy) is 1. The second-order valence-corrected chi connectivity index (χ2v) is 6.13. The van der Waals surface area contributed by atoms with Gasteiger partial charge in [0.25, 0.3) is 0 Å². The molecule has 0 radical (unpaired) electrons. The van der Waals surface area contributed by atoms with Gasteiger partial charge in [0.1, 0.15) is 6.61 Å². The van der Waals surface area contributed by atoms with Gasteiger partial charge in [-0.3, -0.25) is 4.79 Å². The molecule has 2 saturated heterocycles. The number of carbonyl (C=O) groups is 2. The topological polar surface area (TPSA) is 58.6 Å². The van der Waals surface area contributed by atoms with E-state index < -0.39 is 0 Å². The lowest BCUT2D eigenvalue weighted by Crippen LogP contribution is -2.53. The van der Waals surface area contributed by atoms with Gasteiger partial charge in [-0.1, -0.05) is 23.7 Å². The Bertz CT molecular complexity index is 604. The average molecular weight is 321 g/mol. The zero-order valence-corrected chi connectivity index (χ0v) is 12.8. The predicted octanol–water partition coefficient (Wildman–Crippen LogP) is 2.45. The molecular formula is C16H17ClN2O3. The van der Waals surface area contributed by atoms with E-state index in [1.54, 1.807) is 29.2 Å². The highest BCUT2D eigenvalue weighted by Gasteiger charge is 2.42. The number of piperidine rings is 1. The third kappa shape index (κ3) is 3.25. The van der Waals surface area contributed by atoms with Crippen LogP contribution >= 0.6 is 11.6 Å². The zero-order chi connectivity index (χ0) is 15.6. The molecule has 6 heteroatoms. The molecule has 2 heterocycles. The van der Waals surface area contributed by atoms with Crippen LogP contribution in [0, 0.1) is 0 Å². The number of nitrogens with one attached hydrogen (secondary N) is 1. The molecule has 2 aliphatic rings. The van der Waals surface area contributed by atoms with Crippen molar-refractivity contribution in [1.82, 2.24) is 10.2 Å². The van der Waals surface area contributed by atoms with Crippen molar-refractivity contribution in [2.24, 2.45) is 0 Å². The van der Waals surface area contributed by atoms with Crippen LogP contribution < -0.4 is 5.32 Å². The third-order valence-electron chi connectivity index (χ3n) is 4.17. The number of alkyl carbamates (subject to hydrolysis) is 1. The van der Waals surface area contributed by atoms with Crippen LogP contribution in [-0.2, 0) is 9.53 Å². The number of rotatable bonds is 2. The highest BCUT2D eigenvalue weighted by Crippen LogP contribution is 2.26. The molecule has 0 bridgehead atoms. The second kappa shape index (κ2) is 6.01. The number of hydrogen-bond acceptors (Lipinski definition) is 3. The molecular weight excluding hydrogens is 304 g/mol. The van der Waals surface area contributed by atoms with Gasteiger partial charge in [-0.2, -0.15) is 0 Å². The molecule has 22 heavy (non-hydrogen) atoms. The molecule has 116 valence electrons. The Morgan fingerprint density at radius 2 is 1.95 bits per heavy atom. The van der Waals surface area contributed by atoms with Crippen LogP contribution in [0.15, 0.2) is 30.3 Å². The second-order valence-electron chi connectivity index (χ2n) is 5.69. The molecule has 1 spiro atoms. The lowest BCUT2D eigenvalue weighted by molar-refractivity contribution is -0.127. The van der Waals surface area contributed by atoms with E-state index >= 15 is 0 Å². The maximum Gasteiger partial charge on any atom is 0.407 e. The van der Waals surface area contributed by atoms with Crippen LogP contribution in [0.4, 0.5) is 4.79 Å². The van der Waals surface area contributed by atoms with Crippen LogP contribution in [0.3, 0.4) is 0 Å². The molecule has 5 nitrogen and oxygen atoms in total. The highest BCUT2D eigenvalue weighted by atomic mass is 35.5. The van der Waals surface area contributed by atoms with Crippen molar-refractivity contribution in [1.29, 1.82) is 0 Å². The molecule has 1 N–H and O–H groups in total. The summed E-state index contributed by atoms with van der Waals surface area (Å²) in [6.45, 7) is 1.63. The number of hydrogen-bond donors (Lipinski definition) is 1. The number of nitrogens with zero attached hydrogens (tertiary/aromatic N) is 1. The summed E-state index contributed by atoms with van der Waals surface area (Å²) in [4.78, 5) is 25.2. The van der Waals surface area contributed by atoms with E-state index in [1.165, 1.54) is 0 Å². The lowest BCUT2D eigenvalue weighted by Gasteiger charge is -2.37. The van der Waals surface area contributed by atoms with Gasteiger partial charge in [0, 0.05) is 24.2 Å². The Kier molecular flexibility index (Phi) is 4.07. The normalized spacial score (nSPS) is 20.2. The van der Waals surface area contributed by atoms with Crippen molar-refractivity contribution >= 4 is 29.7 Å². The first-order valence-electron chi connectivity index (χ1n) is 7.24. The number of likely N-dealkylation sites (tertiary alicyclic amines) is 1. The first-order valence-corrected chi connectivity index (χ1v) is 7.62. The first-order chi connectivity index (χ1) is 10.6. The van der Waals surface area contributed by atoms with Crippen molar-refractivity contribution < 1.29 is 14.3 Å². The SMILES string of the molecule is O=C1NC2(CCN(C(=O)/C=C/c3ccc(Cl)cc3)CC2)CO1. The van der Waals surface area contributed by atoms with Crippen molar-refractivity contribution in [2.45, 2.75) is 18.4 Å². The number of carbonyl (C=O) groups excluding carboxylic acids is 2. The quantitative estimate of drug-likeness (QED) is 0.852. The molecule has 1 aromatic carbocycles. The Hall–Kier alpha value is -2.01. The van der Waals surface area contributed by atoms with E-state index in [0.717, 1.165) is 18.4 Å². The molecule has 3 rings (SSSR count). The van der Waals surface area contributed by atoms with Gasteiger partial charge in [0.05, 0.1) is 5.54 Å². The third-order valence-corrected chi connectivity index (χ3v) is 4.42. The molecule has 0 unspecified atom stereocenters. The molecule has 2 amide bonds. The standard InChI is InChI=1S/C16H17ClN2O3/c17-13-4-1-12(2-5-13)3-6-14(20)19-9-7-16(8-10-19)11-22-15(21)18-16/h1-6H,7-11H2,(H,18,21)/b6-3+. The minimum atomic E-state index is -0.359. The van der Waals surface area contributed by atoms with Gasteiger partial charge >= 0.3 is 6.09 Å².